The molecule has 178 valence electrons. The Morgan fingerprint density at radius 1 is 0.559 bits per heavy atom. The van der Waals surface area contributed by atoms with Gasteiger partial charge in [0.05, 0.1) is 11.1 Å². The number of unbranched alkanes of at least 4 members (excludes halogenated alkanes) is 10. The third-order valence-corrected chi connectivity index (χ3v) is 5.30. The van der Waals surface area contributed by atoms with Gasteiger partial charge in [0.2, 0.25) is 0 Å². The molecule has 0 N–H and O–H groups in total. The molecular weight excluding hydrogens is 416 g/mol. The number of hydrogen-bond acceptors (Lipinski definition) is 4. The summed E-state index contributed by atoms with van der Waals surface area (Å²) in [5.74, 6) is 13.1. The van der Waals surface area contributed by atoms with E-state index in [2.05, 4.69) is 69.6 Å². The second-order valence-electron chi connectivity index (χ2n) is 8.37. The smallest absolute Gasteiger partial charge is 0.151 e. The molecule has 0 radical (unpaired) electrons. The molecule has 0 aliphatic rings. The summed E-state index contributed by atoms with van der Waals surface area (Å²) in [6, 6.07) is 0. The van der Waals surface area contributed by atoms with E-state index >= 15 is 0 Å². The number of nitrogens with zero attached hydrogens (tertiary/aromatic N) is 4. The van der Waals surface area contributed by atoms with Crippen LogP contribution in [0.1, 0.15) is 114 Å². The van der Waals surface area contributed by atoms with Crippen molar-refractivity contribution < 1.29 is 0 Å². The summed E-state index contributed by atoms with van der Waals surface area (Å²) in [4.78, 5) is 17.4. The third kappa shape index (κ3) is 12.7. The van der Waals surface area contributed by atoms with Gasteiger partial charge in [0.15, 0.2) is 11.6 Å². The van der Waals surface area contributed by atoms with Gasteiger partial charge in [-0.15, -0.1) is 0 Å². The number of allylic oxidation sites excluding steroid dienone is 2. The van der Waals surface area contributed by atoms with Gasteiger partial charge in [-0.05, 0) is 61.5 Å². The van der Waals surface area contributed by atoms with Crippen molar-refractivity contribution >= 4 is 12.2 Å². The van der Waals surface area contributed by atoms with Gasteiger partial charge < -0.3 is 0 Å². The molecule has 0 aliphatic carbocycles. The Morgan fingerprint density at radius 3 is 1.32 bits per heavy atom. The Hall–Kier alpha value is -3.24. The van der Waals surface area contributed by atoms with Crippen LogP contribution in [0, 0.1) is 23.7 Å². The SMILES string of the molecule is CCCCCCC/C=C/c1ncc(C#CC#Cc2cnc(/C=C/CCCCCCC)nc2)cn1. The summed E-state index contributed by atoms with van der Waals surface area (Å²) in [5.41, 5.74) is 1.50. The van der Waals surface area contributed by atoms with E-state index in [0.717, 1.165) is 24.0 Å². The van der Waals surface area contributed by atoms with Crippen LogP contribution in [0.4, 0.5) is 0 Å². The predicted octanol–water partition coefficient (Wildman–Crippen LogP) is 7.42. The fourth-order valence-corrected chi connectivity index (χ4v) is 3.29. The Kier molecular flexibility index (Phi) is 14.5. The van der Waals surface area contributed by atoms with Gasteiger partial charge in [-0.25, -0.2) is 19.9 Å². The molecular formula is C30H38N4. The van der Waals surface area contributed by atoms with Crippen LogP contribution in [-0.4, -0.2) is 19.9 Å². The Labute approximate surface area is 206 Å². The number of rotatable bonds is 14. The van der Waals surface area contributed by atoms with Crippen molar-refractivity contribution in [2.45, 2.75) is 90.9 Å². The van der Waals surface area contributed by atoms with Crippen LogP contribution in [-0.2, 0) is 0 Å². The maximum absolute atomic E-state index is 4.35. The van der Waals surface area contributed by atoms with Crippen molar-refractivity contribution in [3.63, 3.8) is 0 Å². The maximum Gasteiger partial charge on any atom is 0.151 e. The molecule has 2 rings (SSSR count). The topological polar surface area (TPSA) is 51.6 Å². The molecule has 0 bridgehead atoms. The zero-order chi connectivity index (χ0) is 24.1. The van der Waals surface area contributed by atoms with Crippen molar-refractivity contribution in [2.24, 2.45) is 0 Å². The molecule has 4 heteroatoms. The van der Waals surface area contributed by atoms with Crippen LogP contribution in [0.25, 0.3) is 12.2 Å². The first-order chi connectivity index (χ1) is 16.8. The van der Waals surface area contributed by atoms with Crippen molar-refractivity contribution in [1.29, 1.82) is 0 Å². The van der Waals surface area contributed by atoms with E-state index in [-0.39, 0.29) is 0 Å². The van der Waals surface area contributed by atoms with Crippen LogP contribution >= 0.6 is 0 Å². The molecule has 0 aromatic carbocycles. The molecule has 0 atom stereocenters. The van der Waals surface area contributed by atoms with E-state index in [1.807, 2.05) is 12.2 Å². The number of aromatic nitrogens is 4. The van der Waals surface area contributed by atoms with Crippen LogP contribution in [0.5, 0.6) is 0 Å². The zero-order valence-corrected chi connectivity index (χ0v) is 20.9. The second kappa shape index (κ2) is 18.2. The first-order valence-electron chi connectivity index (χ1n) is 12.8. The van der Waals surface area contributed by atoms with E-state index in [1.165, 1.54) is 64.2 Å². The number of hydrogen-bond donors (Lipinski definition) is 0. The predicted molar refractivity (Wildman–Crippen MR) is 143 cm³/mol. The summed E-state index contributed by atoms with van der Waals surface area (Å²) in [6.07, 6.45) is 30.2. The monoisotopic (exact) mass is 454 g/mol. The summed E-state index contributed by atoms with van der Waals surface area (Å²) in [5, 5.41) is 0. The highest BCUT2D eigenvalue weighted by atomic mass is 14.9. The first-order valence-corrected chi connectivity index (χ1v) is 12.8. The summed E-state index contributed by atoms with van der Waals surface area (Å²) in [6.45, 7) is 4.47. The summed E-state index contributed by atoms with van der Waals surface area (Å²) in [7, 11) is 0. The third-order valence-electron chi connectivity index (χ3n) is 5.30. The normalized spacial score (nSPS) is 10.8. The molecule has 2 heterocycles. The molecule has 0 spiro atoms. The highest BCUT2D eigenvalue weighted by Gasteiger charge is 1.93. The Morgan fingerprint density at radius 2 is 0.941 bits per heavy atom. The molecule has 0 saturated heterocycles. The van der Waals surface area contributed by atoms with Gasteiger partial charge in [0.1, 0.15) is 0 Å². The summed E-state index contributed by atoms with van der Waals surface area (Å²) < 4.78 is 0. The molecule has 0 saturated carbocycles. The van der Waals surface area contributed by atoms with Crippen LogP contribution in [0.3, 0.4) is 0 Å². The van der Waals surface area contributed by atoms with Crippen molar-refractivity contribution in [3.05, 3.63) is 59.7 Å². The van der Waals surface area contributed by atoms with Gasteiger partial charge in [-0.3, -0.25) is 0 Å². The molecule has 0 amide bonds. The minimum Gasteiger partial charge on any atom is -0.236 e. The largest absolute Gasteiger partial charge is 0.236 e. The molecule has 4 nitrogen and oxygen atoms in total. The van der Waals surface area contributed by atoms with Crippen molar-refractivity contribution in [1.82, 2.24) is 19.9 Å². The highest BCUT2D eigenvalue weighted by Crippen LogP contribution is 2.07. The molecule has 2 aromatic heterocycles. The van der Waals surface area contributed by atoms with Crippen molar-refractivity contribution in [3.8, 4) is 23.7 Å². The van der Waals surface area contributed by atoms with Gasteiger partial charge in [-0.1, -0.05) is 77.4 Å². The van der Waals surface area contributed by atoms with Gasteiger partial charge >= 0.3 is 0 Å². The van der Waals surface area contributed by atoms with E-state index < -0.39 is 0 Å². The molecule has 34 heavy (non-hydrogen) atoms. The fourth-order valence-electron chi connectivity index (χ4n) is 3.29. The average Bonchev–Trinajstić information content (AvgIpc) is 2.87. The lowest BCUT2D eigenvalue weighted by Gasteiger charge is -1.96. The lowest BCUT2D eigenvalue weighted by atomic mass is 10.1. The summed E-state index contributed by atoms with van der Waals surface area (Å²) >= 11 is 0. The molecule has 2 aromatic rings. The minimum atomic E-state index is 0.716. The van der Waals surface area contributed by atoms with Gasteiger partial charge in [0, 0.05) is 24.8 Å². The Bertz CT molecular complexity index is 897. The second-order valence-corrected chi connectivity index (χ2v) is 8.37. The standard InChI is InChI=1S/C30H38N4/c1-3-5-7-9-11-13-15-21-29-31-23-27(24-32-29)19-17-18-20-28-25-33-30(34-26-28)22-16-14-12-10-8-6-4-2/h15-16,21-26H,3-14H2,1-2H3/b21-15+,22-16+. The van der Waals surface area contributed by atoms with Crippen LogP contribution in [0.2, 0.25) is 0 Å². The average molecular weight is 455 g/mol. The molecule has 0 unspecified atom stereocenters. The maximum atomic E-state index is 4.35. The lowest BCUT2D eigenvalue weighted by Crippen LogP contribution is -1.88. The van der Waals surface area contributed by atoms with Crippen LogP contribution in [0.15, 0.2) is 36.9 Å². The minimum absolute atomic E-state index is 0.716. The zero-order valence-electron chi connectivity index (χ0n) is 20.9. The first kappa shape index (κ1) is 27.0. The quantitative estimate of drug-likeness (QED) is 0.220. The lowest BCUT2D eigenvalue weighted by molar-refractivity contribution is 0.638. The van der Waals surface area contributed by atoms with E-state index in [0.29, 0.717) is 11.6 Å². The van der Waals surface area contributed by atoms with E-state index in [1.54, 1.807) is 24.8 Å². The van der Waals surface area contributed by atoms with E-state index in [4.69, 9.17) is 0 Å². The highest BCUT2D eigenvalue weighted by molar-refractivity contribution is 5.45. The van der Waals surface area contributed by atoms with Crippen molar-refractivity contribution in [2.75, 3.05) is 0 Å². The molecule has 0 fully saturated rings. The van der Waals surface area contributed by atoms with Gasteiger partial charge in [0.25, 0.3) is 0 Å². The fraction of sp³-hybridized carbons (Fsp3) is 0.467. The Balaban J connectivity index is 1.73. The molecule has 0 aliphatic heterocycles. The van der Waals surface area contributed by atoms with Crippen LogP contribution < -0.4 is 0 Å². The van der Waals surface area contributed by atoms with Gasteiger partial charge in [-0.2, -0.15) is 0 Å². The van der Waals surface area contributed by atoms with E-state index in [9.17, 15) is 0 Å².